The van der Waals surface area contributed by atoms with Gasteiger partial charge in [0.1, 0.15) is 5.75 Å². The highest BCUT2D eigenvalue weighted by Gasteiger charge is 2.02. The molecule has 1 rings (SSSR count). The van der Waals surface area contributed by atoms with Crippen molar-refractivity contribution in [3.8, 4) is 5.75 Å². The molecule has 0 aromatic heterocycles. The molecular formula is C13H18O4. The standard InChI is InChI=1S/C13H18O4/c14-9-8-11-5-1-2-6-12(11)17-10-4-3-7-13(15)16/h1-2,5-6,14H,3-4,7-10H2,(H,15,16). The maximum Gasteiger partial charge on any atom is 0.303 e. The summed E-state index contributed by atoms with van der Waals surface area (Å²) in [5, 5.41) is 17.4. The lowest BCUT2D eigenvalue weighted by Crippen LogP contribution is -2.03. The van der Waals surface area contributed by atoms with Gasteiger partial charge in [-0.2, -0.15) is 0 Å². The molecule has 17 heavy (non-hydrogen) atoms. The van der Waals surface area contributed by atoms with Gasteiger partial charge in [0.15, 0.2) is 0 Å². The Morgan fingerprint density at radius 2 is 2.00 bits per heavy atom. The number of carboxylic acid groups (broad SMARTS) is 1. The molecule has 0 bridgehead atoms. The molecule has 0 amide bonds. The molecule has 0 atom stereocenters. The van der Waals surface area contributed by atoms with Crippen LogP contribution >= 0.6 is 0 Å². The smallest absolute Gasteiger partial charge is 0.303 e. The molecule has 1 aromatic rings. The molecule has 0 heterocycles. The van der Waals surface area contributed by atoms with E-state index in [2.05, 4.69) is 0 Å². The number of rotatable bonds is 8. The van der Waals surface area contributed by atoms with Gasteiger partial charge in [-0.05, 0) is 30.9 Å². The Morgan fingerprint density at radius 1 is 1.24 bits per heavy atom. The van der Waals surface area contributed by atoms with Crippen LogP contribution in [-0.4, -0.2) is 29.4 Å². The summed E-state index contributed by atoms with van der Waals surface area (Å²) in [6.07, 6.45) is 2.10. The van der Waals surface area contributed by atoms with E-state index in [0.717, 1.165) is 17.7 Å². The summed E-state index contributed by atoms with van der Waals surface area (Å²) in [6, 6.07) is 7.57. The van der Waals surface area contributed by atoms with E-state index in [1.807, 2.05) is 24.3 Å². The van der Waals surface area contributed by atoms with Crippen molar-refractivity contribution in [3.05, 3.63) is 29.8 Å². The minimum atomic E-state index is -0.773. The van der Waals surface area contributed by atoms with Crippen LogP contribution in [0.15, 0.2) is 24.3 Å². The predicted octanol–water partition coefficient (Wildman–Crippen LogP) is 1.86. The van der Waals surface area contributed by atoms with Crippen LogP contribution in [0, 0.1) is 0 Å². The first-order valence-electron chi connectivity index (χ1n) is 5.77. The van der Waals surface area contributed by atoms with Crippen molar-refractivity contribution in [3.63, 3.8) is 0 Å². The molecule has 0 saturated carbocycles. The third kappa shape index (κ3) is 5.36. The molecule has 0 aliphatic heterocycles. The first-order chi connectivity index (χ1) is 8.24. The fraction of sp³-hybridized carbons (Fsp3) is 0.462. The summed E-state index contributed by atoms with van der Waals surface area (Å²) in [5.41, 5.74) is 0.980. The number of ether oxygens (including phenoxy) is 1. The normalized spacial score (nSPS) is 10.2. The zero-order valence-electron chi connectivity index (χ0n) is 9.76. The Hall–Kier alpha value is -1.55. The summed E-state index contributed by atoms with van der Waals surface area (Å²) < 4.78 is 5.57. The van der Waals surface area contributed by atoms with Crippen LogP contribution in [-0.2, 0) is 11.2 Å². The van der Waals surface area contributed by atoms with Gasteiger partial charge in [-0.15, -0.1) is 0 Å². The lowest BCUT2D eigenvalue weighted by molar-refractivity contribution is -0.137. The van der Waals surface area contributed by atoms with Crippen LogP contribution in [0.2, 0.25) is 0 Å². The van der Waals surface area contributed by atoms with Crippen molar-refractivity contribution >= 4 is 5.97 Å². The van der Waals surface area contributed by atoms with Crippen molar-refractivity contribution in [2.24, 2.45) is 0 Å². The monoisotopic (exact) mass is 238 g/mol. The maximum atomic E-state index is 10.3. The second kappa shape index (κ2) is 7.68. The lowest BCUT2D eigenvalue weighted by Gasteiger charge is -2.10. The van der Waals surface area contributed by atoms with Crippen molar-refractivity contribution in [1.82, 2.24) is 0 Å². The molecule has 0 fully saturated rings. The Bertz CT molecular complexity index is 349. The number of aliphatic hydroxyl groups excluding tert-OH is 1. The number of unbranched alkanes of at least 4 members (excludes halogenated alkanes) is 1. The van der Waals surface area contributed by atoms with Crippen molar-refractivity contribution in [2.45, 2.75) is 25.7 Å². The first-order valence-corrected chi connectivity index (χ1v) is 5.77. The van der Waals surface area contributed by atoms with Gasteiger partial charge in [0.25, 0.3) is 0 Å². The number of carbonyl (C=O) groups is 1. The van der Waals surface area contributed by atoms with E-state index in [1.54, 1.807) is 0 Å². The number of benzene rings is 1. The average Bonchev–Trinajstić information content (AvgIpc) is 2.31. The summed E-state index contributed by atoms with van der Waals surface area (Å²) in [6.45, 7) is 0.606. The fourth-order valence-corrected chi connectivity index (χ4v) is 1.53. The summed E-state index contributed by atoms with van der Waals surface area (Å²) in [5.74, 6) is 0.00237. The quantitative estimate of drug-likeness (QED) is 0.678. The van der Waals surface area contributed by atoms with Gasteiger partial charge < -0.3 is 14.9 Å². The van der Waals surface area contributed by atoms with E-state index in [9.17, 15) is 4.79 Å². The average molecular weight is 238 g/mol. The van der Waals surface area contributed by atoms with Crippen LogP contribution in [0.1, 0.15) is 24.8 Å². The molecule has 0 aliphatic carbocycles. The highest BCUT2D eigenvalue weighted by atomic mass is 16.5. The van der Waals surface area contributed by atoms with Crippen LogP contribution in [0.3, 0.4) is 0 Å². The van der Waals surface area contributed by atoms with Crippen LogP contribution in [0.25, 0.3) is 0 Å². The summed E-state index contributed by atoms with van der Waals surface area (Å²) in [7, 11) is 0. The van der Waals surface area contributed by atoms with E-state index >= 15 is 0 Å². The molecule has 4 heteroatoms. The summed E-state index contributed by atoms with van der Waals surface area (Å²) in [4.78, 5) is 10.3. The predicted molar refractivity (Wildman–Crippen MR) is 64.2 cm³/mol. The van der Waals surface area contributed by atoms with E-state index in [-0.39, 0.29) is 13.0 Å². The van der Waals surface area contributed by atoms with Gasteiger partial charge in [0.05, 0.1) is 6.61 Å². The molecule has 94 valence electrons. The zero-order valence-corrected chi connectivity index (χ0v) is 9.76. The minimum Gasteiger partial charge on any atom is -0.493 e. The number of para-hydroxylation sites is 1. The van der Waals surface area contributed by atoms with Gasteiger partial charge in [-0.25, -0.2) is 0 Å². The third-order valence-electron chi connectivity index (χ3n) is 2.40. The number of aliphatic carboxylic acids is 1. The second-order valence-corrected chi connectivity index (χ2v) is 3.78. The van der Waals surface area contributed by atoms with Crippen molar-refractivity contribution < 1.29 is 19.7 Å². The van der Waals surface area contributed by atoms with E-state index in [0.29, 0.717) is 19.4 Å². The van der Waals surface area contributed by atoms with Gasteiger partial charge in [0, 0.05) is 13.0 Å². The number of hydrogen-bond acceptors (Lipinski definition) is 3. The van der Waals surface area contributed by atoms with Gasteiger partial charge in [0.2, 0.25) is 0 Å². The Kier molecular flexibility index (Phi) is 6.10. The molecule has 0 radical (unpaired) electrons. The highest BCUT2D eigenvalue weighted by Crippen LogP contribution is 2.18. The maximum absolute atomic E-state index is 10.3. The summed E-state index contributed by atoms with van der Waals surface area (Å²) >= 11 is 0. The van der Waals surface area contributed by atoms with Gasteiger partial charge >= 0.3 is 5.97 Å². The van der Waals surface area contributed by atoms with Crippen LogP contribution in [0.5, 0.6) is 5.75 Å². The second-order valence-electron chi connectivity index (χ2n) is 3.78. The minimum absolute atomic E-state index is 0.0966. The molecule has 4 nitrogen and oxygen atoms in total. The number of hydrogen-bond donors (Lipinski definition) is 2. The number of aliphatic hydroxyl groups is 1. The van der Waals surface area contributed by atoms with E-state index in [4.69, 9.17) is 14.9 Å². The van der Waals surface area contributed by atoms with Gasteiger partial charge in [-0.1, -0.05) is 18.2 Å². The Balaban J connectivity index is 2.33. The zero-order chi connectivity index (χ0) is 12.5. The van der Waals surface area contributed by atoms with Crippen molar-refractivity contribution in [1.29, 1.82) is 0 Å². The SMILES string of the molecule is O=C(O)CCCCOc1ccccc1CCO. The molecule has 0 unspecified atom stereocenters. The highest BCUT2D eigenvalue weighted by molar-refractivity contribution is 5.66. The van der Waals surface area contributed by atoms with Gasteiger partial charge in [-0.3, -0.25) is 4.79 Å². The lowest BCUT2D eigenvalue weighted by atomic mass is 10.1. The van der Waals surface area contributed by atoms with Crippen molar-refractivity contribution in [2.75, 3.05) is 13.2 Å². The largest absolute Gasteiger partial charge is 0.493 e. The van der Waals surface area contributed by atoms with E-state index < -0.39 is 5.97 Å². The Labute approximate surface area is 101 Å². The first kappa shape index (κ1) is 13.5. The van der Waals surface area contributed by atoms with E-state index in [1.165, 1.54) is 0 Å². The van der Waals surface area contributed by atoms with Crippen LogP contribution < -0.4 is 4.74 Å². The molecule has 0 aliphatic rings. The number of carboxylic acids is 1. The third-order valence-corrected chi connectivity index (χ3v) is 2.40. The molecule has 2 N–H and O–H groups in total. The fourth-order valence-electron chi connectivity index (χ4n) is 1.53. The topological polar surface area (TPSA) is 66.8 Å². The van der Waals surface area contributed by atoms with Crippen LogP contribution in [0.4, 0.5) is 0 Å². The Morgan fingerprint density at radius 3 is 2.71 bits per heavy atom. The molecular weight excluding hydrogens is 220 g/mol. The molecule has 0 saturated heterocycles. The molecule has 1 aromatic carbocycles. The molecule has 0 spiro atoms.